The van der Waals surface area contributed by atoms with Gasteiger partial charge in [-0.25, -0.2) is 9.89 Å². The zero-order valence-corrected chi connectivity index (χ0v) is 14.0. The molecule has 0 aliphatic heterocycles. The number of amides is 3. The van der Waals surface area contributed by atoms with E-state index >= 15 is 0 Å². The summed E-state index contributed by atoms with van der Waals surface area (Å²) in [7, 11) is 1.48. The molecule has 10 heteroatoms. The number of esters is 1. The van der Waals surface area contributed by atoms with Crippen molar-refractivity contribution in [3.8, 4) is 0 Å². The summed E-state index contributed by atoms with van der Waals surface area (Å²) in [5.41, 5.74) is -0.0421. The average molecular weight is 362 g/mol. The highest BCUT2D eigenvalue weighted by Gasteiger charge is 2.14. The van der Waals surface area contributed by atoms with Crippen molar-refractivity contribution >= 4 is 28.7 Å². The van der Waals surface area contributed by atoms with Crippen LogP contribution in [0.5, 0.6) is 0 Å². The highest BCUT2D eigenvalue weighted by atomic mass is 16.5. The van der Waals surface area contributed by atoms with Crippen molar-refractivity contribution in [3.63, 3.8) is 0 Å². The minimum absolute atomic E-state index is 0.232. The van der Waals surface area contributed by atoms with Gasteiger partial charge < -0.3 is 14.8 Å². The fourth-order valence-corrected chi connectivity index (χ4v) is 2.11. The van der Waals surface area contributed by atoms with Crippen LogP contribution in [-0.4, -0.2) is 55.0 Å². The monoisotopic (exact) mass is 362 g/mol. The quantitative estimate of drug-likeness (QED) is 0.445. The van der Waals surface area contributed by atoms with Crippen LogP contribution < -0.4 is 16.2 Å². The van der Waals surface area contributed by atoms with Crippen LogP contribution in [0.4, 0.5) is 4.79 Å². The zero-order chi connectivity index (χ0) is 18.9. The molecule has 2 rings (SSSR count). The van der Waals surface area contributed by atoms with Crippen molar-refractivity contribution in [1.29, 1.82) is 0 Å². The number of nitrogens with one attached hydrogen (secondary N) is 3. The van der Waals surface area contributed by atoms with Crippen molar-refractivity contribution in [2.75, 3.05) is 26.9 Å². The minimum Gasteiger partial charge on any atom is -0.455 e. The first kappa shape index (κ1) is 19.1. The number of aromatic amines is 1. The number of carbonyl (C=O) groups is 3. The molecule has 0 radical (unpaired) electrons. The summed E-state index contributed by atoms with van der Waals surface area (Å²) in [6.45, 7) is -0.0745. The van der Waals surface area contributed by atoms with Gasteiger partial charge in [-0.15, -0.1) is 0 Å². The first-order valence-corrected chi connectivity index (χ1v) is 7.69. The normalized spacial score (nSPS) is 10.3. The number of carbonyl (C=O) groups excluding carboxylic acids is 3. The number of methoxy groups -OCH3 is 1. The van der Waals surface area contributed by atoms with Crippen LogP contribution in [0.3, 0.4) is 0 Å². The van der Waals surface area contributed by atoms with Gasteiger partial charge in [-0.2, -0.15) is 5.10 Å². The molecule has 0 aliphatic carbocycles. The third-order valence-electron chi connectivity index (χ3n) is 3.30. The molecule has 138 valence electrons. The molecule has 0 aliphatic rings. The summed E-state index contributed by atoms with van der Waals surface area (Å²) < 4.78 is 9.57. The number of aromatic nitrogens is 2. The van der Waals surface area contributed by atoms with Gasteiger partial charge in [0.05, 0.1) is 24.1 Å². The number of nitrogens with zero attached hydrogens (tertiary/aromatic N) is 1. The topological polar surface area (TPSA) is 139 Å². The number of fused-ring (bicyclic) bond motifs is 1. The number of imide groups is 1. The van der Waals surface area contributed by atoms with Gasteiger partial charge in [0.1, 0.15) is 0 Å². The molecule has 2 aromatic rings. The molecule has 0 atom stereocenters. The fourth-order valence-electron chi connectivity index (χ4n) is 2.11. The Labute approximate surface area is 147 Å². The van der Waals surface area contributed by atoms with Crippen molar-refractivity contribution in [3.05, 3.63) is 40.3 Å². The van der Waals surface area contributed by atoms with Gasteiger partial charge in [0.15, 0.2) is 6.61 Å². The van der Waals surface area contributed by atoms with Gasteiger partial charge in [0, 0.05) is 19.0 Å². The maximum Gasteiger partial charge on any atom is 0.321 e. The second-order valence-corrected chi connectivity index (χ2v) is 5.18. The van der Waals surface area contributed by atoms with Crippen molar-refractivity contribution in [2.45, 2.75) is 6.42 Å². The number of hydrogen-bond acceptors (Lipinski definition) is 7. The molecule has 0 spiro atoms. The maximum absolute atomic E-state index is 11.9. The Bertz CT molecular complexity index is 863. The second-order valence-electron chi connectivity index (χ2n) is 5.18. The predicted octanol–water partition coefficient (Wildman–Crippen LogP) is -0.519. The summed E-state index contributed by atoms with van der Waals surface area (Å²) in [5.74, 6) is -1.49. The SMILES string of the molecule is COCCNC(=O)NC(=O)COC(=O)Cc1n[nH]c(=O)c2ccccc12. The van der Waals surface area contributed by atoms with Crippen molar-refractivity contribution in [1.82, 2.24) is 20.8 Å². The Morgan fingerprint density at radius 1 is 1.19 bits per heavy atom. The summed E-state index contributed by atoms with van der Waals surface area (Å²) in [6.07, 6.45) is -0.232. The molecule has 1 aromatic carbocycles. The lowest BCUT2D eigenvalue weighted by Gasteiger charge is -2.07. The Morgan fingerprint density at radius 3 is 2.65 bits per heavy atom. The van der Waals surface area contributed by atoms with E-state index in [0.29, 0.717) is 23.1 Å². The highest BCUT2D eigenvalue weighted by molar-refractivity contribution is 5.95. The molecule has 1 aromatic heterocycles. The molecule has 0 bridgehead atoms. The Morgan fingerprint density at radius 2 is 1.92 bits per heavy atom. The van der Waals surface area contributed by atoms with Gasteiger partial charge in [-0.05, 0) is 6.07 Å². The number of hydrogen-bond donors (Lipinski definition) is 3. The molecule has 3 amide bonds. The number of rotatable bonds is 7. The fraction of sp³-hybridized carbons (Fsp3) is 0.312. The largest absolute Gasteiger partial charge is 0.455 e. The Hall–Kier alpha value is -3.27. The van der Waals surface area contributed by atoms with E-state index in [4.69, 9.17) is 9.47 Å². The number of benzene rings is 1. The molecule has 0 saturated carbocycles. The first-order valence-electron chi connectivity index (χ1n) is 7.69. The van der Waals surface area contributed by atoms with Crippen molar-refractivity contribution < 1.29 is 23.9 Å². The average Bonchev–Trinajstić information content (AvgIpc) is 2.63. The van der Waals surface area contributed by atoms with E-state index in [1.54, 1.807) is 24.3 Å². The van der Waals surface area contributed by atoms with Gasteiger partial charge in [-0.1, -0.05) is 18.2 Å². The maximum atomic E-state index is 11.9. The van der Waals surface area contributed by atoms with E-state index in [-0.39, 0.29) is 18.5 Å². The van der Waals surface area contributed by atoms with Crippen LogP contribution >= 0.6 is 0 Å². The van der Waals surface area contributed by atoms with Crippen molar-refractivity contribution in [2.24, 2.45) is 0 Å². The van der Waals surface area contributed by atoms with E-state index in [1.165, 1.54) is 7.11 Å². The Kier molecular flexibility index (Phi) is 6.80. The van der Waals surface area contributed by atoms with E-state index in [0.717, 1.165) is 0 Å². The summed E-state index contributed by atoms with van der Waals surface area (Å²) in [6, 6.07) is 5.98. The molecule has 0 fully saturated rings. The van der Waals surface area contributed by atoms with Crippen LogP contribution in [0.15, 0.2) is 29.1 Å². The van der Waals surface area contributed by atoms with Crippen LogP contribution in [0.1, 0.15) is 5.69 Å². The third-order valence-corrected chi connectivity index (χ3v) is 3.30. The van der Waals surface area contributed by atoms with Crippen LogP contribution in [0, 0.1) is 0 Å². The van der Waals surface area contributed by atoms with Gasteiger partial charge >= 0.3 is 12.0 Å². The second kappa shape index (κ2) is 9.28. The standard InChI is InChI=1S/C16H18N4O6/c1-25-7-6-17-16(24)18-13(21)9-26-14(22)8-12-10-4-2-3-5-11(10)15(23)20-19-12/h2-5H,6-9H2,1H3,(H,20,23)(H2,17,18,21,24). The molecule has 26 heavy (non-hydrogen) atoms. The molecule has 1 heterocycles. The van der Waals surface area contributed by atoms with E-state index in [2.05, 4.69) is 15.5 Å². The highest BCUT2D eigenvalue weighted by Crippen LogP contribution is 2.13. The van der Waals surface area contributed by atoms with Crippen LogP contribution in [0.2, 0.25) is 0 Å². The van der Waals surface area contributed by atoms with Gasteiger partial charge in [0.2, 0.25) is 0 Å². The molecule has 10 nitrogen and oxygen atoms in total. The predicted molar refractivity (Wildman–Crippen MR) is 90.4 cm³/mol. The third kappa shape index (κ3) is 5.38. The number of ether oxygens (including phenoxy) is 2. The molecule has 0 saturated heterocycles. The van der Waals surface area contributed by atoms with Crippen LogP contribution in [-0.2, 0) is 25.5 Å². The number of urea groups is 1. The van der Waals surface area contributed by atoms with E-state index in [1.807, 2.05) is 5.32 Å². The van der Waals surface area contributed by atoms with Gasteiger partial charge in [0.25, 0.3) is 11.5 Å². The number of H-pyrrole nitrogens is 1. The first-order chi connectivity index (χ1) is 12.5. The lowest BCUT2D eigenvalue weighted by Crippen LogP contribution is -2.42. The molecular formula is C16H18N4O6. The molecule has 0 unspecified atom stereocenters. The minimum atomic E-state index is -0.771. The zero-order valence-electron chi connectivity index (χ0n) is 14.0. The van der Waals surface area contributed by atoms with E-state index < -0.39 is 24.5 Å². The molecular weight excluding hydrogens is 344 g/mol. The Balaban J connectivity index is 1.86. The van der Waals surface area contributed by atoms with Gasteiger partial charge in [-0.3, -0.25) is 19.7 Å². The summed E-state index contributed by atoms with van der Waals surface area (Å²) >= 11 is 0. The van der Waals surface area contributed by atoms with Crippen LogP contribution in [0.25, 0.3) is 10.8 Å². The molecule has 3 N–H and O–H groups in total. The lowest BCUT2D eigenvalue weighted by molar-refractivity contribution is -0.147. The summed E-state index contributed by atoms with van der Waals surface area (Å²) in [4.78, 5) is 46.5. The van der Waals surface area contributed by atoms with E-state index in [9.17, 15) is 19.2 Å². The summed E-state index contributed by atoms with van der Waals surface area (Å²) in [5, 5.41) is 11.5. The lowest BCUT2D eigenvalue weighted by atomic mass is 10.1. The smallest absolute Gasteiger partial charge is 0.321 e.